The van der Waals surface area contributed by atoms with Crippen molar-refractivity contribution in [1.29, 1.82) is 0 Å². The molecule has 116 valence electrons. The van der Waals surface area contributed by atoms with Crippen molar-refractivity contribution >= 4 is 29.4 Å². The van der Waals surface area contributed by atoms with Crippen LogP contribution in [0.15, 0.2) is 30.3 Å². The summed E-state index contributed by atoms with van der Waals surface area (Å²) < 4.78 is -0.216. The largest absolute Gasteiger partial charge is 0.270 e. The standard InChI is InChI=1S/C16H24N2OS2/c1-12(2)10-14-11-16(20-3,21-4)18(17-14)15(19)13-8-6-5-7-9-13/h5-9,12,14,17H,10-11H2,1-4H3. The fourth-order valence-electron chi connectivity index (χ4n) is 2.79. The molecule has 1 saturated heterocycles. The summed E-state index contributed by atoms with van der Waals surface area (Å²) in [7, 11) is 0. The van der Waals surface area contributed by atoms with Crippen LogP contribution in [-0.2, 0) is 0 Å². The molecule has 1 fully saturated rings. The van der Waals surface area contributed by atoms with Crippen LogP contribution >= 0.6 is 23.5 Å². The number of benzene rings is 1. The van der Waals surface area contributed by atoms with Gasteiger partial charge in [0.2, 0.25) is 0 Å². The van der Waals surface area contributed by atoms with Crippen LogP contribution in [-0.4, -0.2) is 33.7 Å². The molecule has 0 saturated carbocycles. The fraction of sp³-hybridized carbons (Fsp3) is 0.562. The van der Waals surface area contributed by atoms with Gasteiger partial charge in [-0.1, -0.05) is 32.0 Å². The van der Waals surface area contributed by atoms with Gasteiger partial charge in [-0.25, -0.2) is 10.4 Å². The maximum atomic E-state index is 12.8. The molecule has 5 heteroatoms. The molecule has 1 aromatic carbocycles. The molecule has 1 aliphatic heterocycles. The lowest BCUT2D eigenvalue weighted by Gasteiger charge is -2.34. The SMILES string of the molecule is CSC1(SC)CC(CC(C)C)NN1C(=O)c1ccccc1. The van der Waals surface area contributed by atoms with Crippen molar-refractivity contribution in [3.05, 3.63) is 35.9 Å². The van der Waals surface area contributed by atoms with Gasteiger partial charge in [-0.2, -0.15) is 0 Å². The van der Waals surface area contributed by atoms with Gasteiger partial charge in [0, 0.05) is 18.0 Å². The van der Waals surface area contributed by atoms with Crippen LogP contribution in [0.25, 0.3) is 0 Å². The van der Waals surface area contributed by atoms with Gasteiger partial charge in [-0.15, -0.1) is 23.5 Å². The maximum absolute atomic E-state index is 12.8. The van der Waals surface area contributed by atoms with E-state index in [1.54, 1.807) is 23.5 Å². The molecule has 0 aliphatic carbocycles. The minimum Gasteiger partial charge on any atom is -0.268 e. The highest BCUT2D eigenvalue weighted by molar-refractivity contribution is 8.17. The molecule has 1 heterocycles. The molecule has 1 aliphatic rings. The summed E-state index contributed by atoms with van der Waals surface area (Å²) in [5.41, 5.74) is 4.19. The van der Waals surface area contributed by atoms with E-state index in [4.69, 9.17) is 0 Å². The smallest absolute Gasteiger partial charge is 0.268 e. The Kier molecular flexibility index (Phi) is 5.63. The van der Waals surface area contributed by atoms with Crippen LogP contribution in [0.1, 0.15) is 37.0 Å². The van der Waals surface area contributed by atoms with E-state index >= 15 is 0 Å². The van der Waals surface area contributed by atoms with E-state index in [1.807, 2.05) is 35.3 Å². The van der Waals surface area contributed by atoms with Gasteiger partial charge in [0.25, 0.3) is 5.91 Å². The first-order valence-corrected chi connectivity index (χ1v) is 9.73. The molecule has 1 unspecified atom stereocenters. The van der Waals surface area contributed by atoms with E-state index < -0.39 is 0 Å². The van der Waals surface area contributed by atoms with Crippen molar-refractivity contribution in [2.45, 2.75) is 36.9 Å². The zero-order valence-electron chi connectivity index (χ0n) is 13.1. The lowest BCUT2D eigenvalue weighted by molar-refractivity contribution is 0.0672. The topological polar surface area (TPSA) is 32.3 Å². The highest BCUT2D eigenvalue weighted by Crippen LogP contribution is 2.46. The van der Waals surface area contributed by atoms with Gasteiger partial charge in [-0.05, 0) is 37.0 Å². The third-order valence-corrected chi connectivity index (χ3v) is 6.75. The summed E-state index contributed by atoms with van der Waals surface area (Å²) in [6.45, 7) is 4.45. The Bertz CT molecular complexity index is 474. The molecule has 0 aromatic heterocycles. The molecule has 3 nitrogen and oxygen atoms in total. The van der Waals surface area contributed by atoms with Crippen molar-refractivity contribution < 1.29 is 4.79 Å². The van der Waals surface area contributed by atoms with Gasteiger partial charge in [-0.3, -0.25) is 4.79 Å². The Morgan fingerprint density at radius 3 is 2.48 bits per heavy atom. The summed E-state index contributed by atoms with van der Waals surface area (Å²) in [5, 5.41) is 1.85. The average Bonchev–Trinajstić information content (AvgIpc) is 2.85. The van der Waals surface area contributed by atoms with Crippen molar-refractivity contribution in [2.75, 3.05) is 12.5 Å². The third kappa shape index (κ3) is 3.58. The molecular formula is C16H24N2OS2. The van der Waals surface area contributed by atoms with Crippen LogP contribution in [0.3, 0.4) is 0 Å². The quantitative estimate of drug-likeness (QED) is 0.834. The number of hydrogen-bond acceptors (Lipinski definition) is 4. The second kappa shape index (κ2) is 7.07. The molecule has 0 bridgehead atoms. The Balaban J connectivity index is 2.24. The number of amides is 1. The Labute approximate surface area is 136 Å². The maximum Gasteiger partial charge on any atom is 0.270 e. The van der Waals surface area contributed by atoms with Gasteiger partial charge >= 0.3 is 0 Å². The van der Waals surface area contributed by atoms with Crippen LogP contribution in [0, 0.1) is 5.92 Å². The van der Waals surface area contributed by atoms with E-state index in [1.165, 1.54) is 0 Å². The van der Waals surface area contributed by atoms with Crippen LogP contribution in [0.4, 0.5) is 0 Å². The van der Waals surface area contributed by atoms with Crippen LogP contribution in [0.5, 0.6) is 0 Å². The Morgan fingerprint density at radius 2 is 1.95 bits per heavy atom. The summed E-state index contributed by atoms with van der Waals surface area (Å²) in [5.74, 6) is 0.682. The zero-order chi connectivity index (χ0) is 15.5. The van der Waals surface area contributed by atoms with E-state index in [2.05, 4.69) is 31.8 Å². The van der Waals surface area contributed by atoms with Crippen LogP contribution < -0.4 is 5.43 Å². The molecular weight excluding hydrogens is 300 g/mol. The van der Waals surface area contributed by atoms with E-state index in [-0.39, 0.29) is 10.1 Å². The number of thioether (sulfide) groups is 2. The summed E-state index contributed by atoms with van der Waals surface area (Å²) in [4.78, 5) is 12.8. The summed E-state index contributed by atoms with van der Waals surface area (Å²) in [6.07, 6.45) is 6.23. The van der Waals surface area contributed by atoms with Crippen molar-refractivity contribution in [1.82, 2.24) is 10.4 Å². The van der Waals surface area contributed by atoms with Crippen molar-refractivity contribution in [3.63, 3.8) is 0 Å². The molecule has 1 amide bonds. The second-order valence-electron chi connectivity index (χ2n) is 5.79. The molecule has 1 N–H and O–H groups in total. The lowest BCUT2D eigenvalue weighted by Crippen LogP contribution is -2.48. The van der Waals surface area contributed by atoms with Gasteiger partial charge in [0.05, 0.1) is 0 Å². The normalized spacial score (nSPS) is 21.0. The number of rotatable bonds is 5. The molecule has 2 rings (SSSR count). The Morgan fingerprint density at radius 1 is 1.33 bits per heavy atom. The molecule has 0 radical (unpaired) electrons. The molecule has 0 spiro atoms. The van der Waals surface area contributed by atoms with Gasteiger partial charge < -0.3 is 0 Å². The summed E-state index contributed by atoms with van der Waals surface area (Å²) in [6, 6.07) is 9.88. The zero-order valence-corrected chi connectivity index (χ0v) is 14.8. The first-order valence-electron chi connectivity index (χ1n) is 7.28. The number of carbonyl (C=O) groups excluding carboxylic acids is 1. The van der Waals surface area contributed by atoms with E-state index in [0.717, 1.165) is 18.4 Å². The van der Waals surface area contributed by atoms with Gasteiger partial charge in [0.15, 0.2) is 4.20 Å². The minimum atomic E-state index is -0.216. The van der Waals surface area contributed by atoms with E-state index in [0.29, 0.717) is 12.0 Å². The number of hydrogen-bond donors (Lipinski definition) is 1. The van der Waals surface area contributed by atoms with Crippen molar-refractivity contribution in [3.8, 4) is 0 Å². The number of nitrogens with one attached hydrogen (secondary N) is 1. The monoisotopic (exact) mass is 324 g/mol. The molecule has 1 atom stereocenters. The van der Waals surface area contributed by atoms with E-state index in [9.17, 15) is 4.79 Å². The summed E-state index contributed by atoms with van der Waals surface area (Å²) >= 11 is 3.49. The van der Waals surface area contributed by atoms with Crippen molar-refractivity contribution in [2.24, 2.45) is 5.92 Å². The second-order valence-corrected chi connectivity index (χ2v) is 8.21. The first kappa shape index (κ1) is 16.7. The Hall–Kier alpha value is -0.650. The predicted octanol–water partition coefficient (Wildman–Crippen LogP) is 3.83. The minimum absolute atomic E-state index is 0.0607. The highest BCUT2D eigenvalue weighted by atomic mass is 32.2. The highest BCUT2D eigenvalue weighted by Gasteiger charge is 2.47. The third-order valence-electron chi connectivity index (χ3n) is 3.77. The van der Waals surface area contributed by atoms with Crippen LogP contribution in [0.2, 0.25) is 0 Å². The lowest BCUT2D eigenvalue weighted by atomic mass is 10.0. The number of nitrogens with zero attached hydrogens (tertiary/aromatic N) is 1. The molecule has 1 aromatic rings. The predicted molar refractivity (Wildman–Crippen MR) is 93.4 cm³/mol. The fourth-order valence-corrected chi connectivity index (χ4v) is 4.83. The number of hydrazine groups is 1. The molecule has 21 heavy (non-hydrogen) atoms. The average molecular weight is 325 g/mol. The number of carbonyl (C=O) groups is 1. The first-order chi connectivity index (χ1) is 10.0. The van der Waals surface area contributed by atoms with Gasteiger partial charge in [0.1, 0.15) is 0 Å².